The molecule has 1 aliphatic rings. The fourth-order valence-electron chi connectivity index (χ4n) is 2.77. The molecule has 1 N–H and O–H groups in total. The van der Waals surface area contributed by atoms with E-state index in [4.69, 9.17) is 0 Å². The van der Waals surface area contributed by atoms with E-state index in [1.165, 1.54) is 6.08 Å². The maximum atomic E-state index is 12.5. The zero-order valence-electron chi connectivity index (χ0n) is 12.5. The van der Waals surface area contributed by atoms with Crippen LogP contribution in [0.2, 0.25) is 0 Å². The van der Waals surface area contributed by atoms with Crippen molar-refractivity contribution in [3.63, 3.8) is 0 Å². The van der Waals surface area contributed by atoms with Crippen molar-refractivity contribution >= 4 is 17.5 Å². The molecule has 0 bridgehead atoms. The Labute approximate surface area is 125 Å². The molecule has 1 saturated heterocycles. The van der Waals surface area contributed by atoms with E-state index >= 15 is 0 Å². The largest absolute Gasteiger partial charge is 0.327 e. The summed E-state index contributed by atoms with van der Waals surface area (Å²) >= 11 is 0. The van der Waals surface area contributed by atoms with E-state index in [1.807, 2.05) is 24.3 Å². The van der Waals surface area contributed by atoms with E-state index in [0.29, 0.717) is 13.0 Å². The second-order valence-corrected chi connectivity index (χ2v) is 5.29. The van der Waals surface area contributed by atoms with E-state index < -0.39 is 0 Å². The molecule has 0 saturated carbocycles. The molecule has 0 aromatic heterocycles. The number of hydrogen-bond donors (Lipinski definition) is 1. The van der Waals surface area contributed by atoms with Gasteiger partial charge in [-0.15, -0.1) is 0 Å². The van der Waals surface area contributed by atoms with Crippen LogP contribution in [0.5, 0.6) is 0 Å². The molecule has 1 atom stereocenters. The molecule has 0 radical (unpaired) electrons. The Morgan fingerprint density at radius 1 is 1.43 bits per heavy atom. The van der Waals surface area contributed by atoms with Crippen LogP contribution in [0.25, 0.3) is 0 Å². The van der Waals surface area contributed by atoms with Gasteiger partial charge in [0.1, 0.15) is 6.04 Å². The number of aryl methyl sites for hydroxylation is 1. The molecular formula is C17H22N2O2. The van der Waals surface area contributed by atoms with Crippen LogP contribution in [-0.4, -0.2) is 29.3 Å². The zero-order chi connectivity index (χ0) is 15.2. The molecule has 0 spiro atoms. The zero-order valence-corrected chi connectivity index (χ0v) is 12.5. The van der Waals surface area contributed by atoms with Crippen molar-refractivity contribution in [3.8, 4) is 0 Å². The van der Waals surface area contributed by atoms with Gasteiger partial charge in [0, 0.05) is 12.2 Å². The molecule has 1 fully saturated rings. The van der Waals surface area contributed by atoms with Crippen LogP contribution in [0.1, 0.15) is 31.7 Å². The highest BCUT2D eigenvalue weighted by atomic mass is 16.2. The molecule has 1 unspecified atom stereocenters. The highest BCUT2D eigenvalue weighted by molar-refractivity contribution is 5.99. The lowest BCUT2D eigenvalue weighted by Gasteiger charge is -2.23. The van der Waals surface area contributed by atoms with Gasteiger partial charge in [-0.3, -0.25) is 9.59 Å². The summed E-state index contributed by atoms with van der Waals surface area (Å²) in [6, 6.07) is 7.45. The third-order valence-electron chi connectivity index (χ3n) is 3.81. The first kappa shape index (κ1) is 15.3. The maximum Gasteiger partial charge on any atom is 0.247 e. The first-order valence-corrected chi connectivity index (χ1v) is 7.49. The van der Waals surface area contributed by atoms with Crippen molar-refractivity contribution in [2.45, 2.75) is 38.6 Å². The summed E-state index contributed by atoms with van der Waals surface area (Å²) in [6.45, 7) is 6.23. The summed E-state index contributed by atoms with van der Waals surface area (Å²) in [5, 5.41) is 2.98. The number of likely N-dealkylation sites (tertiary alicyclic amines) is 1. The fourth-order valence-corrected chi connectivity index (χ4v) is 2.77. The smallest absolute Gasteiger partial charge is 0.247 e. The fraction of sp³-hybridized carbons (Fsp3) is 0.412. The van der Waals surface area contributed by atoms with Gasteiger partial charge >= 0.3 is 0 Å². The van der Waals surface area contributed by atoms with E-state index in [-0.39, 0.29) is 17.9 Å². The standard InChI is InChI=1S/C17H22N2O2/c1-3-8-13-9-5-6-10-14(13)18-17(21)15-11-7-12-19(15)16(20)4-2/h4-6,9-10,15H,2-3,7-8,11-12H2,1H3,(H,18,21). The Morgan fingerprint density at radius 2 is 2.19 bits per heavy atom. The Morgan fingerprint density at radius 3 is 2.90 bits per heavy atom. The van der Waals surface area contributed by atoms with Crippen molar-refractivity contribution in [2.75, 3.05) is 11.9 Å². The van der Waals surface area contributed by atoms with Gasteiger partial charge in [-0.2, -0.15) is 0 Å². The van der Waals surface area contributed by atoms with Crippen LogP contribution < -0.4 is 5.32 Å². The van der Waals surface area contributed by atoms with Crippen molar-refractivity contribution in [2.24, 2.45) is 0 Å². The number of hydrogen-bond acceptors (Lipinski definition) is 2. The monoisotopic (exact) mass is 286 g/mol. The minimum atomic E-state index is -0.384. The first-order valence-electron chi connectivity index (χ1n) is 7.49. The van der Waals surface area contributed by atoms with Crippen LogP contribution in [0, 0.1) is 0 Å². The van der Waals surface area contributed by atoms with Gasteiger partial charge in [0.2, 0.25) is 11.8 Å². The summed E-state index contributed by atoms with van der Waals surface area (Å²) in [5.74, 6) is -0.277. The van der Waals surface area contributed by atoms with Crippen LogP contribution in [0.15, 0.2) is 36.9 Å². The van der Waals surface area contributed by atoms with Crippen molar-refractivity contribution < 1.29 is 9.59 Å². The number of carbonyl (C=O) groups is 2. The lowest BCUT2D eigenvalue weighted by molar-refractivity contribution is -0.132. The van der Waals surface area contributed by atoms with Gasteiger partial charge in [0.25, 0.3) is 0 Å². The molecule has 0 aliphatic carbocycles. The predicted molar refractivity (Wildman–Crippen MR) is 84.0 cm³/mol. The average molecular weight is 286 g/mol. The normalized spacial score (nSPS) is 17.6. The number of benzene rings is 1. The minimum absolute atomic E-state index is 0.105. The van der Waals surface area contributed by atoms with Crippen molar-refractivity contribution in [3.05, 3.63) is 42.5 Å². The van der Waals surface area contributed by atoms with Crippen LogP contribution >= 0.6 is 0 Å². The van der Waals surface area contributed by atoms with Crippen molar-refractivity contribution in [1.82, 2.24) is 4.90 Å². The molecule has 1 heterocycles. The molecule has 1 aromatic rings. The van der Waals surface area contributed by atoms with E-state index in [0.717, 1.165) is 30.5 Å². The molecule has 2 rings (SSSR count). The SMILES string of the molecule is C=CC(=O)N1CCCC1C(=O)Nc1ccccc1CCC. The van der Waals surface area contributed by atoms with Gasteiger partial charge in [-0.25, -0.2) is 0 Å². The van der Waals surface area contributed by atoms with Gasteiger partial charge in [-0.1, -0.05) is 38.1 Å². The number of rotatable bonds is 5. The molecule has 2 amide bonds. The number of carbonyl (C=O) groups excluding carboxylic acids is 2. The summed E-state index contributed by atoms with van der Waals surface area (Å²) in [7, 11) is 0. The molecular weight excluding hydrogens is 264 g/mol. The Kier molecular flexibility index (Phi) is 5.14. The molecule has 4 heteroatoms. The second-order valence-electron chi connectivity index (χ2n) is 5.29. The Hall–Kier alpha value is -2.10. The van der Waals surface area contributed by atoms with Crippen molar-refractivity contribution in [1.29, 1.82) is 0 Å². The van der Waals surface area contributed by atoms with E-state index in [9.17, 15) is 9.59 Å². The lowest BCUT2D eigenvalue weighted by atomic mass is 10.1. The molecule has 4 nitrogen and oxygen atoms in total. The number of nitrogens with zero attached hydrogens (tertiary/aromatic N) is 1. The number of anilines is 1. The van der Waals surface area contributed by atoms with Crippen LogP contribution in [0.3, 0.4) is 0 Å². The molecule has 1 aliphatic heterocycles. The van der Waals surface area contributed by atoms with Gasteiger partial charge in [0.15, 0.2) is 0 Å². The number of nitrogens with one attached hydrogen (secondary N) is 1. The second kappa shape index (κ2) is 7.07. The van der Waals surface area contributed by atoms with Crippen LogP contribution in [-0.2, 0) is 16.0 Å². The Bertz CT molecular complexity index is 539. The third kappa shape index (κ3) is 3.51. The summed E-state index contributed by atoms with van der Waals surface area (Å²) in [5.41, 5.74) is 1.98. The van der Waals surface area contributed by atoms with Crippen LogP contribution in [0.4, 0.5) is 5.69 Å². The molecule has 1 aromatic carbocycles. The van der Waals surface area contributed by atoms with E-state index in [2.05, 4.69) is 18.8 Å². The quantitative estimate of drug-likeness (QED) is 0.846. The molecule has 112 valence electrons. The number of amides is 2. The summed E-state index contributed by atoms with van der Waals surface area (Å²) in [4.78, 5) is 25.8. The lowest BCUT2D eigenvalue weighted by Crippen LogP contribution is -2.42. The maximum absolute atomic E-state index is 12.5. The Balaban J connectivity index is 2.11. The predicted octanol–water partition coefficient (Wildman–Crippen LogP) is 2.75. The average Bonchev–Trinajstić information content (AvgIpc) is 2.98. The highest BCUT2D eigenvalue weighted by Crippen LogP contribution is 2.22. The summed E-state index contributed by atoms with van der Waals surface area (Å²) < 4.78 is 0. The van der Waals surface area contributed by atoms with Gasteiger partial charge < -0.3 is 10.2 Å². The molecule has 21 heavy (non-hydrogen) atoms. The minimum Gasteiger partial charge on any atom is -0.327 e. The first-order chi connectivity index (χ1) is 10.2. The van der Waals surface area contributed by atoms with E-state index in [1.54, 1.807) is 4.90 Å². The number of para-hydroxylation sites is 1. The summed E-state index contributed by atoms with van der Waals surface area (Å²) in [6.07, 6.45) is 4.79. The highest BCUT2D eigenvalue weighted by Gasteiger charge is 2.33. The van der Waals surface area contributed by atoms with Gasteiger partial charge in [-0.05, 0) is 37.0 Å². The third-order valence-corrected chi connectivity index (χ3v) is 3.81. The van der Waals surface area contributed by atoms with Gasteiger partial charge in [0.05, 0.1) is 0 Å². The topological polar surface area (TPSA) is 49.4 Å².